The Kier molecular flexibility index (Phi) is 8.41. The number of carboxylic acids is 1. The Morgan fingerprint density at radius 1 is 1.40 bits per heavy atom. The highest BCUT2D eigenvalue weighted by Crippen LogP contribution is 2.04. The molecule has 0 aromatic heterocycles. The third kappa shape index (κ3) is 25.3. The van der Waals surface area contributed by atoms with Crippen molar-refractivity contribution in [1.29, 1.82) is 0 Å². The average Bonchev–Trinajstić information content (AvgIpc) is 1.63. The standard InChI is InChI=1S/C5H13Si.C2H4O2/c1-5(2)6(3)4;1-2(3)4/h5H,1-4H3;1H3,(H,3,4)/q+1;/p-1. The predicted molar refractivity (Wildman–Crippen MR) is 43.3 cm³/mol. The Morgan fingerprint density at radius 3 is 1.50 bits per heavy atom. The lowest BCUT2D eigenvalue weighted by atomic mass is 10.6. The van der Waals surface area contributed by atoms with Crippen LogP contribution in [0.3, 0.4) is 0 Å². The van der Waals surface area contributed by atoms with Crippen LogP contribution in [0.1, 0.15) is 20.8 Å². The van der Waals surface area contributed by atoms with Gasteiger partial charge < -0.3 is 9.90 Å². The fourth-order valence-electron chi connectivity index (χ4n) is 0. The van der Waals surface area contributed by atoms with Crippen LogP contribution in [0.2, 0.25) is 18.6 Å². The van der Waals surface area contributed by atoms with Gasteiger partial charge in [0.15, 0.2) is 0 Å². The first-order chi connectivity index (χ1) is 4.37. The fraction of sp³-hybridized carbons (Fsp3) is 0.857. The molecule has 0 rings (SSSR count). The molecule has 0 unspecified atom stereocenters. The minimum Gasteiger partial charge on any atom is -0.550 e. The van der Waals surface area contributed by atoms with E-state index in [0.29, 0.717) is 0 Å². The molecule has 60 valence electrons. The minimum atomic E-state index is -1.08. The van der Waals surface area contributed by atoms with E-state index in [2.05, 4.69) is 26.9 Å². The Morgan fingerprint density at radius 2 is 1.50 bits per heavy atom. The molecular weight excluding hydrogens is 144 g/mol. The van der Waals surface area contributed by atoms with Crippen LogP contribution in [0.15, 0.2) is 0 Å². The van der Waals surface area contributed by atoms with Crippen molar-refractivity contribution in [3.63, 3.8) is 0 Å². The predicted octanol–water partition coefficient (Wildman–Crippen LogP) is 0.907. The van der Waals surface area contributed by atoms with Gasteiger partial charge in [-0.25, -0.2) is 0 Å². The molecule has 0 radical (unpaired) electrons. The summed E-state index contributed by atoms with van der Waals surface area (Å²) in [5, 5.41) is 8.89. The van der Waals surface area contributed by atoms with Gasteiger partial charge in [-0.3, -0.25) is 0 Å². The SMILES string of the molecule is CC(=O)[O-].CC(C)[Si+](C)C. The van der Waals surface area contributed by atoms with Gasteiger partial charge in [0.25, 0.3) is 0 Å². The normalized spacial score (nSPS) is 8.20. The van der Waals surface area contributed by atoms with E-state index in [-0.39, 0.29) is 8.80 Å². The van der Waals surface area contributed by atoms with Gasteiger partial charge in [-0.15, -0.1) is 0 Å². The topological polar surface area (TPSA) is 40.1 Å². The molecule has 0 fully saturated rings. The molecule has 2 nitrogen and oxygen atoms in total. The molecule has 0 amide bonds. The van der Waals surface area contributed by atoms with Crippen LogP contribution in [0.5, 0.6) is 0 Å². The van der Waals surface area contributed by atoms with Crippen LogP contribution < -0.4 is 5.11 Å². The first-order valence-corrected chi connectivity index (χ1v) is 5.93. The largest absolute Gasteiger partial charge is 0.550 e. The molecular formula is C7H16O2Si. The van der Waals surface area contributed by atoms with Gasteiger partial charge in [0, 0.05) is 5.97 Å². The van der Waals surface area contributed by atoms with E-state index >= 15 is 0 Å². The van der Waals surface area contributed by atoms with E-state index in [1.165, 1.54) is 0 Å². The molecule has 3 heteroatoms. The lowest BCUT2D eigenvalue weighted by molar-refractivity contribution is -0.302. The molecule has 0 aromatic carbocycles. The summed E-state index contributed by atoms with van der Waals surface area (Å²) in [7, 11) is 0.0484. The summed E-state index contributed by atoms with van der Waals surface area (Å²) in [5.74, 6) is -1.08. The maximum Gasteiger partial charge on any atom is 0.310 e. The molecule has 0 atom stereocenters. The highest BCUT2D eigenvalue weighted by molar-refractivity contribution is 6.57. The van der Waals surface area contributed by atoms with E-state index < -0.39 is 5.97 Å². The maximum absolute atomic E-state index is 8.89. The summed E-state index contributed by atoms with van der Waals surface area (Å²) in [5.41, 5.74) is 0.954. The summed E-state index contributed by atoms with van der Waals surface area (Å²) in [6.07, 6.45) is 0. The number of hydrogen-bond donors (Lipinski definition) is 0. The van der Waals surface area contributed by atoms with E-state index in [0.717, 1.165) is 12.5 Å². The van der Waals surface area contributed by atoms with Gasteiger partial charge in [-0.2, -0.15) is 0 Å². The fourth-order valence-corrected chi connectivity index (χ4v) is 0. The molecule has 0 spiro atoms. The van der Waals surface area contributed by atoms with Gasteiger partial charge in [0.05, 0.1) is 18.6 Å². The number of carbonyl (C=O) groups excluding carboxylic acids is 1. The van der Waals surface area contributed by atoms with Crippen molar-refractivity contribution < 1.29 is 9.90 Å². The second-order valence-electron chi connectivity index (χ2n) is 2.72. The molecule has 0 aliphatic heterocycles. The van der Waals surface area contributed by atoms with Gasteiger partial charge in [-0.05, 0) is 20.8 Å². The second-order valence-corrected chi connectivity index (χ2v) is 6.03. The van der Waals surface area contributed by atoms with Gasteiger partial charge >= 0.3 is 8.80 Å². The monoisotopic (exact) mass is 160 g/mol. The van der Waals surface area contributed by atoms with Crippen molar-refractivity contribution in [3.8, 4) is 0 Å². The molecule has 0 N–H and O–H groups in total. The van der Waals surface area contributed by atoms with Crippen molar-refractivity contribution in [2.45, 2.75) is 39.4 Å². The van der Waals surface area contributed by atoms with Crippen LogP contribution in [-0.4, -0.2) is 14.8 Å². The highest BCUT2D eigenvalue weighted by Gasteiger charge is 2.14. The first kappa shape index (κ1) is 12.4. The summed E-state index contributed by atoms with van der Waals surface area (Å²) in [6.45, 7) is 10.2. The minimum absolute atomic E-state index is 0.0484. The summed E-state index contributed by atoms with van der Waals surface area (Å²) in [4.78, 5) is 8.89. The molecule has 0 saturated carbocycles. The zero-order valence-electron chi connectivity index (χ0n) is 7.39. The summed E-state index contributed by atoms with van der Waals surface area (Å²) < 4.78 is 0. The molecule has 0 bridgehead atoms. The van der Waals surface area contributed by atoms with Gasteiger partial charge in [0.2, 0.25) is 0 Å². The Labute approximate surface area is 64.9 Å². The van der Waals surface area contributed by atoms with Crippen molar-refractivity contribution in [1.82, 2.24) is 0 Å². The van der Waals surface area contributed by atoms with Crippen LogP contribution in [0.25, 0.3) is 0 Å². The molecule has 0 heterocycles. The summed E-state index contributed by atoms with van der Waals surface area (Å²) >= 11 is 0. The first-order valence-electron chi connectivity index (χ1n) is 3.35. The lowest BCUT2D eigenvalue weighted by Crippen LogP contribution is -2.16. The van der Waals surface area contributed by atoms with E-state index in [9.17, 15) is 0 Å². The molecule has 0 aliphatic rings. The van der Waals surface area contributed by atoms with Crippen molar-refractivity contribution in [2.75, 3.05) is 0 Å². The number of rotatable bonds is 1. The number of hydrogen-bond acceptors (Lipinski definition) is 2. The summed E-state index contributed by atoms with van der Waals surface area (Å²) in [6, 6.07) is 0. The number of carbonyl (C=O) groups is 1. The van der Waals surface area contributed by atoms with E-state index in [1.54, 1.807) is 0 Å². The van der Waals surface area contributed by atoms with Crippen molar-refractivity contribution >= 4 is 14.8 Å². The number of carboxylic acid groups (broad SMARTS) is 1. The molecule has 0 aliphatic carbocycles. The molecule has 10 heavy (non-hydrogen) atoms. The van der Waals surface area contributed by atoms with Gasteiger partial charge in [0.1, 0.15) is 0 Å². The third-order valence-corrected chi connectivity index (χ3v) is 3.46. The zero-order valence-corrected chi connectivity index (χ0v) is 8.39. The van der Waals surface area contributed by atoms with Crippen LogP contribution in [0.4, 0.5) is 0 Å². The third-order valence-electron chi connectivity index (χ3n) is 1.15. The molecule has 0 saturated heterocycles. The van der Waals surface area contributed by atoms with Crippen molar-refractivity contribution in [2.24, 2.45) is 0 Å². The number of aliphatic carboxylic acids is 1. The van der Waals surface area contributed by atoms with Crippen molar-refractivity contribution in [3.05, 3.63) is 0 Å². The smallest absolute Gasteiger partial charge is 0.310 e. The van der Waals surface area contributed by atoms with Gasteiger partial charge in [-0.1, -0.05) is 0 Å². The Balaban J connectivity index is 0. The highest BCUT2D eigenvalue weighted by atomic mass is 28.3. The van der Waals surface area contributed by atoms with E-state index in [1.807, 2.05) is 0 Å². The quantitative estimate of drug-likeness (QED) is 0.535. The maximum atomic E-state index is 8.89. The zero-order chi connectivity index (χ0) is 8.73. The van der Waals surface area contributed by atoms with Crippen LogP contribution >= 0.6 is 0 Å². The van der Waals surface area contributed by atoms with E-state index in [4.69, 9.17) is 9.90 Å². The Hall–Kier alpha value is -0.313. The average molecular weight is 160 g/mol. The lowest BCUT2D eigenvalue weighted by Gasteiger charge is -1.88. The molecule has 0 aromatic rings. The Bertz CT molecular complexity index is 79.6. The van der Waals surface area contributed by atoms with Crippen LogP contribution in [0, 0.1) is 0 Å². The second kappa shape index (κ2) is 6.80. The van der Waals surface area contributed by atoms with Crippen LogP contribution in [-0.2, 0) is 4.79 Å².